The molecule has 1 aromatic heterocycles. The molecule has 0 radical (unpaired) electrons. The number of hydrogen-bond acceptors (Lipinski definition) is 4. The van der Waals surface area contributed by atoms with Crippen LogP contribution in [-0.2, 0) is 11.3 Å². The zero-order valence-electron chi connectivity index (χ0n) is 10.2. The van der Waals surface area contributed by atoms with E-state index in [1.807, 2.05) is 7.05 Å². The van der Waals surface area contributed by atoms with Gasteiger partial charge in [0.05, 0.1) is 5.56 Å². The maximum atomic E-state index is 11.3. The Labute approximate surface area is 109 Å². The van der Waals surface area contributed by atoms with Crippen LogP contribution in [0, 0.1) is 0 Å². The van der Waals surface area contributed by atoms with Gasteiger partial charge >= 0.3 is 5.97 Å². The number of aromatic carboxylic acids is 1. The van der Waals surface area contributed by atoms with Gasteiger partial charge in [0.15, 0.2) is 0 Å². The maximum Gasteiger partial charge on any atom is 0.336 e. The summed E-state index contributed by atoms with van der Waals surface area (Å²) >= 11 is 1.44. The number of nitrogens with zero attached hydrogens (tertiary/aromatic N) is 1. The summed E-state index contributed by atoms with van der Waals surface area (Å²) < 4.78 is 0. The number of carbonyl (C=O) groups is 2. The van der Waals surface area contributed by atoms with Gasteiger partial charge in [-0.3, -0.25) is 4.79 Å². The van der Waals surface area contributed by atoms with Crippen molar-refractivity contribution in [2.75, 3.05) is 13.6 Å². The third kappa shape index (κ3) is 3.08. The molecule has 0 aliphatic carbocycles. The van der Waals surface area contributed by atoms with E-state index >= 15 is 0 Å². The maximum absolute atomic E-state index is 11.3. The lowest BCUT2D eigenvalue weighted by Crippen LogP contribution is -2.46. The monoisotopic (exact) mass is 268 g/mol. The van der Waals surface area contributed by atoms with Gasteiger partial charge < -0.3 is 15.3 Å². The number of likely N-dealkylation sites (N-methyl/N-ethyl adjacent to an activating group) is 1. The Kier molecular flexibility index (Phi) is 3.98. The molecule has 1 aliphatic rings. The number of carbonyl (C=O) groups excluding carboxylic acids is 1. The Balaban J connectivity index is 1.84. The van der Waals surface area contributed by atoms with Crippen molar-refractivity contribution in [3.8, 4) is 0 Å². The summed E-state index contributed by atoms with van der Waals surface area (Å²) in [5, 5.41) is 13.8. The van der Waals surface area contributed by atoms with Crippen LogP contribution < -0.4 is 5.32 Å². The van der Waals surface area contributed by atoms with Crippen LogP contribution in [0.2, 0.25) is 0 Å². The molecule has 98 valence electrons. The lowest BCUT2D eigenvalue weighted by atomic mass is 10.1. The molecule has 1 unspecified atom stereocenters. The number of thiophene rings is 1. The molecule has 2 N–H and O–H groups in total. The summed E-state index contributed by atoms with van der Waals surface area (Å²) in [6.45, 7) is 1.38. The van der Waals surface area contributed by atoms with E-state index in [2.05, 4.69) is 5.32 Å². The summed E-state index contributed by atoms with van der Waals surface area (Å²) in [6, 6.07) is 1.99. The second kappa shape index (κ2) is 5.49. The third-order valence-electron chi connectivity index (χ3n) is 3.09. The molecule has 1 amide bonds. The van der Waals surface area contributed by atoms with Crippen molar-refractivity contribution in [3.05, 3.63) is 21.9 Å². The molecule has 1 fully saturated rings. The summed E-state index contributed by atoms with van der Waals surface area (Å²) in [5.41, 5.74) is 0.340. The van der Waals surface area contributed by atoms with Gasteiger partial charge in [0.1, 0.15) is 0 Å². The fraction of sp³-hybridized carbons (Fsp3) is 0.500. The molecule has 1 aliphatic heterocycles. The van der Waals surface area contributed by atoms with Crippen molar-refractivity contribution in [2.45, 2.75) is 25.4 Å². The average molecular weight is 268 g/mol. The number of hydrogen-bond donors (Lipinski definition) is 2. The predicted molar refractivity (Wildman–Crippen MR) is 68.8 cm³/mol. The number of carboxylic acid groups (broad SMARTS) is 1. The minimum absolute atomic E-state index is 0.192. The van der Waals surface area contributed by atoms with Crippen molar-refractivity contribution in [3.63, 3.8) is 0 Å². The van der Waals surface area contributed by atoms with Gasteiger partial charge in [-0.15, -0.1) is 11.3 Å². The second-order valence-electron chi connectivity index (χ2n) is 4.50. The Hall–Kier alpha value is -1.40. The summed E-state index contributed by atoms with van der Waals surface area (Å²) in [6.07, 6.45) is 1.43. The first kappa shape index (κ1) is 13.0. The highest BCUT2D eigenvalue weighted by Gasteiger charge is 2.22. The molecule has 1 atom stereocenters. The summed E-state index contributed by atoms with van der Waals surface area (Å²) in [5.74, 6) is -0.696. The quantitative estimate of drug-likeness (QED) is 0.859. The van der Waals surface area contributed by atoms with Crippen molar-refractivity contribution in [1.29, 1.82) is 0 Å². The highest BCUT2D eigenvalue weighted by Crippen LogP contribution is 2.16. The van der Waals surface area contributed by atoms with E-state index in [-0.39, 0.29) is 5.91 Å². The van der Waals surface area contributed by atoms with Crippen LogP contribution in [-0.4, -0.2) is 41.5 Å². The van der Waals surface area contributed by atoms with Crippen LogP contribution in [0.4, 0.5) is 0 Å². The Morgan fingerprint density at radius 1 is 1.67 bits per heavy atom. The van der Waals surface area contributed by atoms with Gasteiger partial charge in [-0.1, -0.05) is 0 Å². The number of rotatable bonds is 4. The van der Waals surface area contributed by atoms with Crippen LogP contribution >= 0.6 is 11.3 Å². The predicted octanol–water partition coefficient (Wildman–Crippen LogP) is 1.16. The summed E-state index contributed by atoms with van der Waals surface area (Å²) in [7, 11) is 1.81. The van der Waals surface area contributed by atoms with Gasteiger partial charge in [0.2, 0.25) is 5.91 Å². The second-order valence-corrected chi connectivity index (χ2v) is 5.49. The standard InChI is InChI=1S/C12H16N2O3S/c1-14-6-9(2-3-11(14)15)13-5-10-4-8(7-18-10)12(16)17/h4,7,9,13H,2-3,5-6H2,1H3,(H,16,17). The van der Waals surface area contributed by atoms with Gasteiger partial charge in [-0.2, -0.15) is 0 Å². The fourth-order valence-electron chi connectivity index (χ4n) is 2.01. The minimum Gasteiger partial charge on any atom is -0.478 e. The van der Waals surface area contributed by atoms with E-state index in [0.717, 1.165) is 17.8 Å². The van der Waals surface area contributed by atoms with E-state index in [1.165, 1.54) is 11.3 Å². The average Bonchev–Trinajstić information content (AvgIpc) is 2.79. The van der Waals surface area contributed by atoms with Gasteiger partial charge in [-0.05, 0) is 12.5 Å². The Morgan fingerprint density at radius 2 is 2.44 bits per heavy atom. The minimum atomic E-state index is -0.888. The molecule has 2 heterocycles. The number of nitrogens with one attached hydrogen (secondary N) is 1. The van der Waals surface area contributed by atoms with E-state index in [0.29, 0.717) is 24.6 Å². The SMILES string of the molecule is CN1CC(NCc2cc(C(=O)O)cs2)CCC1=O. The topological polar surface area (TPSA) is 69.6 Å². The summed E-state index contributed by atoms with van der Waals surface area (Å²) in [4.78, 5) is 24.8. The zero-order chi connectivity index (χ0) is 13.1. The lowest BCUT2D eigenvalue weighted by Gasteiger charge is -2.30. The highest BCUT2D eigenvalue weighted by molar-refractivity contribution is 7.10. The van der Waals surface area contributed by atoms with Crippen LogP contribution in [0.1, 0.15) is 28.1 Å². The van der Waals surface area contributed by atoms with Crippen LogP contribution in [0.5, 0.6) is 0 Å². The van der Waals surface area contributed by atoms with Crippen molar-refractivity contribution < 1.29 is 14.7 Å². The molecule has 0 spiro atoms. The Bertz CT molecular complexity index is 458. The van der Waals surface area contributed by atoms with Crippen molar-refractivity contribution >= 4 is 23.2 Å². The van der Waals surface area contributed by atoms with Gasteiger partial charge in [-0.25, -0.2) is 4.79 Å². The largest absolute Gasteiger partial charge is 0.478 e. The molecule has 2 rings (SSSR count). The van der Waals surface area contributed by atoms with Crippen molar-refractivity contribution in [1.82, 2.24) is 10.2 Å². The van der Waals surface area contributed by atoms with Crippen LogP contribution in [0.3, 0.4) is 0 Å². The molecule has 1 saturated heterocycles. The lowest BCUT2D eigenvalue weighted by molar-refractivity contribution is -0.132. The van der Waals surface area contributed by atoms with Crippen molar-refractivity contribution in [2.24, 2.45) is 0 Å². The van der Waals surface area contributed by atoms with E-state index in [4.69, 9.17) is 5.11 Å². The van der Waals surface area contributed by atoms with E-state index in [9.17, 15) is 9.59 Å². The number of amides is 1. The number of carboxylic acids is 1. The first-order chi connectivity index (χ1) is 8.56. The first-order valence-corrected chi connectivity index (χ1v) is 6.72. The van der Waals surface area contributed by atoms with Crippen LogP contribution in [0.25, 0.3) is 0 Å². The molecule has 6 heteroatoms. The molecule has 0 aromatic carbocycles. The molecule has 0 bridgehead atoms. The number of piperidine rings is 1. The Morgan fingerprint density at radius 3 is 3.06 bits per heavy atom. The molecule has 0 saturated carbocycles. The zero-order valence-corrected chi connectivity index (χ0v) is 11.0. The smallest absolute Gasteiger partial charge is 0.336 e. The third-order valence-corrected chi connectivity index (χ3v) is 4.03. The van der Waals surface area contributed by atoms with E-state index < -0.39 is 5.97 Å². The van der Waals surface area contributed by atoms with E-state index in [1.54, 1.807) is 16.3 Å². The van der Waals surface area contributed by atoms with Crippen LogP contribution in [0.15, 0.2) is 11.4 Å². The highest BCUT2D eigenvalue weighted by atomic mass is 32.1. The van der Waals surface area contributed by atoms with Gasteiger partial charge in [0, 0.05) is 42.9 Å². The normalized spacial score (nSPS) is 20.2. The van der Waals surface area contributed by atoms with Gasteiger partial charge in [0.25, 0.3) is 0 Å². The molecule has 18 heavy (non-hydrogen) atoms. The molecule has 5 nitrogen and oxygen atoms in total. The molecular formula is C12H16N2O3S. The first-order valence-electron chi connectivity index (χ1n) is 5.84. The molecular weight excluding hydrogens is 252 g/mol. The number of likely N-dealkylation sites (tertiary alicyclic amines) is 1. The molecule has 1 aromatic rings. The fourth-order valence-corrected chi connectivity index (χ4v) is 2.82.